The fourth-order valence-corrected chi connectivity index (χ4v) is 2.12. The van der Waals surface area contributed by atoms with Gasteiger partial charge in [0.2, 0.25) is 0 Å². The van der Waals surface area contributed by atoms with E-state index >= 15 is 0 Å². The first-order chi connectivity index (χ1) is 9.56. The molecule has 104 valence electrons. The van der Waals surface area contributed by atoms with Crippen LogP contribution < -0.4 is 10.1 Å². The van der Waals surface area contributed by atoms with Crippen molar-refractivity contribution in [2.75, 3.05) is 11.9 Å². The van der Waals surface area contributed by atoms with E-state index in [4.69, 9.17) is 4.74 Å². The fraction of sp³-hybridized carbons (Fsp3) is 0.167. The van der Waals surface area contributed by atoms with E-state index in [1.807, 2.05) is 6.92 Å². The van der Waals surface area contributed by atoms with Crippen LogP contribution in [0.5, 0.6) is 5.75 Å². The van der Waals surface area contributed by atoms with Crippen LogP contribution >= 0.6 is 11.3 Å². The van der Waals surface area contributed by atoms with Crippen LogP contribution in [0, 0.1) is 17.0 Å². The van der Waals surface area contributed by atoms with Crippen molar-refractivity contribution in [2.24, 2.45) is 0 Å². The molecular formula is C12H11N3O4S. The molecule has 1 amide bonds. The van der Waals surface area contributed by atoms with E-state index in [2.05, 4.69) is 10.3 Å². The van der Waals surface area contributed by atoms with Crippen molar-refractivity contribution in [1.29, 1.82) is 0 Å². The first kappa shape index (κ1) is 13.9. The second-order valence-corrected chi connectivity index (χ2v) is 5.07. The second kappa shape index (κ2) is 6.11. The first-order valence-electron chi connectivity index (χ1n) is 5.65. The third-order valence-corrected chi connectivity index (χ3v) is 3.12. The predicted octanol–water partition coefficient (Wildman–Crippen LogP) is 2.38. The summed E-state index contributed by atoms with van der Waals surface area (Å²) in [6.07, 6.45) is 1.64. The predicted molar refractivity (Wildman–Crippen MR) is 74.1 cm³/mol. The number of hydrogen-bond acceptors (Lipinski definition) is 6. The lowest BCUT2D eigenvalue weighted by atomic mass is 10.3. The van der Waals surface area contributed by atoms with E-state index in [1.165, 1.54) is 29.5 Å². The Bertz CT molecular complexity index is 641. The van der Waals surface area contributed by atoms with E-state index in [0.29, 0.717) is 5.13 Å². The van der Waals surface area contributed by atoms with Crippen LogP contribution in [0.3, 0.4) is 0 Å². The van der Waals surface area contributed by atoms with Crippen LogP contribution in [-0.2, 0) is 4.79 Å². The summed E-state index contributed by atoms with van der Waals surface area (Å²) in [7, 11) is 0. The van der Waals surface area contributed by atoms with Crippen molar-refractivity contribution in [2.45, 2.75) is 6.92 Å². The highest BCUT2D eigenvalue weighted by molar-refractivity contribution is 7.15. The van der Waals surface area contributed by atoms with Gasteiger partial charge in [-0.25, -0.2) is 4.98 Å². The van der Waals surface area contributed by atoms with Crippen molar-refractivity contribution in [3.05, 3.63) is 45.5 Å². The smallest absolute Gasteiger partial charge is 0.310 e. The Morgan fingerprint density at radius 3 is 2.90 bits per heavy atom. The monoisotopic (exact) mass is 293 g/mol. The number of nitrogens with one attached hydrogen (secondary N) is 1. The number of nitro groups is 1. The number of aromatic nitrogens is 1. The molecule has 1 aromatic carbocycles. The van der Waals surface area contributed by atoms with Gasteiger partial charge in [0.1, 0.15) is 0 Å². The molecule has 0 aliphatic rings. The minimum absolute atomic E-state index is 0.0583. The zero-order valence-corrected chi connectivity index (χ0v) is 11.3. The third kappa shape index (κ3) is 3.51. The molecule has 20 heavy (non-hydrogen) atoms. The van der Waals surface area contributed by atoms with Crippen LogP contribution in [0.4, 0.5) is 10.8 Å². The number of carbonyl (C=O) groups excluding carboxylic acids is 1. The molecule has 0 saturated heterocycles. The summed E-state index contributed by atoms with van der Waals surface area (Å²) >= 11 is 1.34. The Morgan fingerprint density at radius 2 is 2.25 bits per heavy atom. The molecule has 7 nitrogen and oxygen atoms in total. The SMILES string of the molecule is Cc1cnc(NC(=O)COc2ccccc2[N+](=O)[O-])s1. The van der Waals surface area contributed by atoms with Gasteiger partial charge < -0.3 is 4.74 Å². The molecule has 1 N–H and O–H groups in total. The number of aryl methyl sites for hydroxylation is 1. The normalized spacial score (nSPS) is 10.1. The molecule has 2 aromatic rings. The highest BCUT2D eigenvalue weighted by atomic mass is 32.1. The molecular weight excluding hydrogens is 282 g/mol. The molecule has 1 aromatic heterocycles. The van der Waals surface area contributed by atoms with Crippen molar-refractivity contribution in [3.63, 3.8) is 0 Å². The van der Waals surface area contributed by atoms with Crippen LogP contribution in [0.1, 0.15) is 4.88 Å². The molecule has 0 unspecified atom stereocenters. The Hall–Kier alpha value is -2.48. The topological polar surface area (TPSA) is 94.4 Å². The van der Waals surface area contributed by atoms with Gasteiger partial charge in [-0.1, -0.05) is 12.1 Å². The van der Waals surface area contributed by atoms with Gasteiger partial charge >= 0.3 is 5.69 Å². The zero-order valence-electron chi connectivity index (χ0n) is 10.5. The number of nitrogens with zero attached hydrogens (tertiary/aromatic N) is 2. The molecule has 0 aliphatic carbocycles. The molecule has 0 fully saturated rings. The van der Waals surface area contributed by atoms with Gasteiger partial charge in [-0.15, -0.1) is 11.3 Å². The van der Waals surface area contributed by atoms with E-state index in [-0.39, 0.29) is 18.0 Å². The minimum atomic E-state index is -0.558. The van der Waals surface area contributed by atoms with Crippen LogP contribution in [0.25, 0.3) is 0 Å². The van der Waals surface area contributed by atoms with E-state index in [9.17, 15) is 14.9 Å². The highest BCUT2D eigenvalue weighted by Crippen LogP contribution is 2.25. The van der Waals surface area contributed by atoms with Gasteiger partial charge in [-0.3, -0.25) is 20.2 Å². The zero-order chi connectivity index (χ0) is 14.5. The second-order valence-electron chi connectivity index (χ2n) is 3.84. The number of thiazole rings is 1. The number of hydrogen-bond donors (Lipinski definition) is 1. The highest BCUT2D eigenvalue weighted by Gasteiger charge is 2.15. The number of carbonyl (C=O) groups is 1. The third-order valence-electron chi connectivity index (χ3n) is 2.29. The van der Waals surface area contributed by atoms with Gasteiger partial charge in [0.15, 0.2) is 17.5 Å². The molecule has 0 bridgehead atoms. The number of para-hydroxylation sites is 2. The summed E-state index contributed by atoms with van der Waals surface area (Å²) < 4.78 is 5.16. The van der Waals surface area contributed by atoms with Crippen LogP contribution in [0.2, 0.25) is 0 Å². The molecule has 0 atom stereocenters. The maximum absolute atomic E-state index is 11.6. The number of ether oxygens (including phenoxy) is 1. The number of benzene rings is 1. The Balaban J connectivity index is 1.95. The summed E-state index contributed by atoms with van der Waals surface area (Å²) in [6, 6.07) is 5.89. The fourth-order valence-electron chi connectivity index (χ4n) is 1.44. The molecule has 2 rings (SSSR count). The lowest BCUT2D eigenvalue weighted by molar-refractivity contribution is -0.385. The summed E-state index contributed by atoms with van der Waals surface area (Å²) in [4.78, 5) is 26.8. The first-order valence-corrected chi connectivity index (χ1v) is 6.46. The van der Waals surface area contributed by atoms with E-state index in [0.717, 1.165) is 4.88 Å². The van der Waals surface area contributed by atoms with Crippen molar-refractivity contribution in [1.82, 2.24) is 4.98 Å². The van der Waals surface area contributed by atoms with E-state index in [1.54, 1.807) is 12.3 Å². The maximum atomic E-state index is 11.6. The average molecular weight is 293 g/mol. The number of nitro benzene ring substituents is 1. The Morgan fingerprint density at radius 1 is 1.50 bits per heavy atom. The minimum Gasteiger partial charge on any atom is -0.477 e. The number of amides is 1. The molecule has 1 heterocycles. The Labute approximate surface area is 118 Å². The average Bonchev–Trinajstić information content (AvgIpc) is 2.82. The quantitative estimate of drug-likeness (QED) is 0.674. The molecule has 0 spiro atoms. The van der Waals surface area contributed by atoms with Gasteiger partial charge in [0.05, 0.1) is 4.92 Å². The van der Waals surface area contributed by atoms with Crippen molar-refractivity contribution in [3.8, 4) is 5.75 Å². The largest absolute Gasteiger partial charge is 0.477 e. The van der Waals surface area contributed by atoms with Gasteiger partial charge in [-0.05, 0) is 13.0 Å². The van der Waals surface area contributed by atoms with Gasteiger partial charge in [0, 0.05) is 17.1 Å². The van der Waals surface area contributed by atoms with Gasteiger partial charge in [-0.2, -0.15) is 0 Å². The lowest BCUT2D eigenvalue weighted by Gasteiger charge is -2.05. The standard InChI is InChI=1S/C12H11N3O4S/c1-8-6-13-12(20-8)14-11(16)7-19-10-5-3-2-4-9(10)15(17)18/h2-6H,7H2,1H3,(H,13,14,16). The number of rotatable bonds is 5. The summed E-state index contributed by atoms with van der Waals surface area (Å²) in [5, 5.41) is 13.8. The molecule has 0 saturated carbocycles. The van der Waals surface area contributed by atoms with Crippen molar-refractivity contribution >= 4 is 28.1 Å². The maximum Gasteiger partial charge on any atom is 0.310 e. The Kier molecular flexibility index (Phi) is 4.26. The molecule has 8 heteroatoms. The molecule has 0 radical (unpaired) electrons. The van der Waals surface area contributed by atoms with Crippen molar-refractivity contribution < 1.29 is 14.5 Å². The van der Waals surface area contributed by atoms with Crippen LogP contribution in [0.15, 0.2) is 30.5 Å². The van der Waals surface area contributed by atoms with E-state index < -0.39 is 10.8 Å². The van der Waals surface area contributed by atoms with Crippen LogP contribution in [-0.4, -0.2) is 22.4 Å². The summed E-state index contributed by atoms with van der Waals surface area (Å²) in [5.74, 6) is -0.361. The number of anilines is 1. The summed E-state index contributed by atoms with van der Waals surface area (Å²) in [5.41, 5.74) is -0.176. The lowest BCUT2D eigenvalue weighted by Crippen LogP contribution is -2.20. The summed E-state index contributed by atoms with van der Waals surface area (Å²) in [6.45, 7) is 1.56. The molecule has 0 aliphatic heterocycles. The van der Waals surface area contributed by atoms with Gasteiger partial charge in [0.25, 0.3) is 5.91 Å².